The van der Waals surface area contributed by atoms with Crippen LogP contribution in [0.5, 0.6) is 0 Å². The largest absolute Gasteiger partial charge is 0.325 e. The molecule has 0 unspecified atom stereocenters. The van der Waals surface area contributed by atoms with Gasteiger partial charge in [-0.2, -0.15) is 5.10 Å². The molecule has 51 heavy (non-hydrogen) atoms. The molecule has 6 rings (SSSR count). The van der Waals surface area contributed by atoms with Gasteiger partial charge < -0.3 is 15.1 Å². The Hall–Kier alpha value is -4.29. The van der Waals surface area contributed by atoms with E-state index in [1.165, 1.54) is 6.92 Å². The van der Waals surface area contributed by atoms with Gasteiger partial charge in [-0.05, 0) is 124 Å². The molecule has 1 N–H and O–H groups in total. The van der Waals surface area contributed by atoms with Gasteiger partial charge in [0.2, 0.25) is 11.8 Å². The summed E-state index contributed by atoms with van der Waals surface area (Å²) in [6.07, 6.45) is 13.8. The molecule has 2 fully saturated rings. The molecule has 3 aromatic heterocycles. The summed E-state index contributed by atoms with van der Waals surface area (Å²) in [6.45, 7) is 11.0. The number of nitrogens with zero attached hydrogens (tertiary/aromatic N) is 7. The van der Waals surface area contributed by atoms with Crippen molar-refractivity contribution in [3.8, 4) is 11.1 Å². The molecule has 0 bridgehead atoms. The van der Waals surface area contributed by atoms with Gasteiger partial charge in [-0.15, -0.1) is 0 Å². The van der Waals surface area contributed by atoms with Crippen LogP contribution in [0.4, 0.5) is 5.82 Å². The Morgan fingerprint density at radius 3 is 2.53 bits per heavy atom. The van der Waals surface area contributed by atoms with Crippen LogP contribution in [0.25, 0.3) is 22.0 Å². The first kappa shape index (κ1) is 36.5. The second-order valence-electron chi connectivity index (χ2n) is 14.3. The number of unbranched alkanes of at least 4 members (excludes halogenated alkanes) is 2. The normalized spacial score (nSPS) is 19.6. The summed E-state index contributed by atoms with van der Waals surface area (Å²) < 4.78 is 2.25. The lowest BCUT2D eigenvalue weighted by Crippen LogP contribution is -2.47. The zero-order chi connectivity index (χ0) is 36.4. The summed E-state index contributed by atoms with van der Waals surface area (Å²) in [5.41, 5.74) is 4.26. The van der Waals surface area contributed by atoms with E-state index < -0.39 is 6.04 Å². The quantitative estimate of drug-likeness (QED) is 0.0642. The monoisotopic (exact) mass is 754 g/mol. The van der Waals surface area contributed by atoms with E-state index in [9.17, 15) is 14.4 Å². The Bertz CT molecular complexity index is 1990. The second-order valence-corrected chi connectivity index (χ2v) is 15.1. The fourth-order valence-corrected chi connectivity index (χ4v) is 7.95. The lowest BCUT2D eigenvalue weighted by atomic mass is 9.98. The van der Waals surface area contributed by atoms with Gasteiger partial charge in [0.05, 0.1) is 5.52 Å². The number of rotatable bonds is 14. The molecule has 4 heterocycles. The second kappa shape index (κ2) is 15.1. The van der Waals surface area contributed by atoms with Gasteiger partial charge in [0, 0.05) is 48.3 Å². The number of allylic oxidation sites excluding steroid dienone is 2. The van der Waals surface area contributed by atoms with Crippen molar-refractivity contribution in [2.45, 2.75) is 91.8 Å². The van der Waals surface area contributed by atoms with Crippen molar-refractivity contribution in [3.63, 3.8) is 0 Å². The van der Waals surface area contributed by atoms with Crippen LogP contribution in [0.2, 0.25) is 0 Å². The minimum atomic E-state index is -0.660. The standard InChI is InChI=1S/C39H47BrN8O3/c1-7-8-9-10-11-12-15-46(6)23-39-18-31(38(51)44-37-24(2)13-14-33(40)43-37)48(32(39)19-39)34(50)22-47-36-25(3)16-28(29-20-41-27(5)42-21-29)17-30(36)35(45-47)26(4)49/h8-9,13-14,16-17,20-21,31-32H,7,10-12,15,18-19,22-23H2,1-6H3,(H,43,44,51)/b9-8+/t31-,32+,39-/m0/s1. The number of carbonyl (C=O) groups excluding carboxylic acids is 3. The van der Waals surface area contributed by atoms with Crippen LogP contribution in [0.1, 0.15) is 79.8 Å². The van der Waals surface area contributed by atoms with E-state index in [4.69, 9.17) is 5.10 Å². The number of Topliss-reactive ketones (excluding diaryl/α,β-unsaturated/α-hetero) is 1. The van der Waals surface area contributed by atoms with Gasteiger partial charge >= 0.3 is 0 Å². The van der Waals surface area contributed by atoms with E-state index in [1.54, 1.807) is 22.0 Å². The molecule has 2 aliphatic rings. The van der Waals surface area contributed by atoms with Gasteiger partial charge in [0.25, 0.3) is 0 Å². The van der Waals surface area contributed by atoms with Gasteiger partial charge in [-0.3, -0.25) is 19.1 Å². The predicted molar refractivity (Wildman–Crippen MR) is 202 cm³/mol. The summed E-state index contributed by atoms with van der Waals surface area (Å²) in [5.74, 6) is 0.513. The molecule has 0 radical (unpaired) electrons. The number of nitrogens with one attached hydrogen (secondary N) is 1. The first-order valence-corrected chi connectivity index (χ1v) is 18.6. The molecule has 3 atom stereocenters. The van der Waals surface area contributed by atoms with Crippen LogP contribution in [0, 0.1) is 26.2 Å². The highest BCUT2D eigenvalue weighted by atomic mass is 79.9. The Balaban J connectivity index is 1.27. The van der Waals surface area contributed by atoms with E-state index in [-0.39, 0.29) is 35.6 Å². The van der Waals surface area contributed by atoms with E-state index in [0.717, 1.165) is 73.0 Å². The minimum Gasteiger partial charge on any atom is -0.325 e. The fourth-order valence-electron chi connectivity index (χ4n) is 7.64. The number of benzene rings is 1. The topological polar surface area (TPSA) is 126 Å². The number of hydrogen-bond acceptors (Lipinski definition) is 8. The van der Waals surface area contributed by atoms with Crippen LogP contribution in [0.3, 0.4) is 0 Å². The Labute approximate surface area is 308 Å². The molecule has 11 nitrogen and oxygen atoms in total. The molecule has 4 aromatic rings. The van der Waals surface area contributed by atoms with Crippen molar-refractivity contribution in [1.29, 1.82) is 0 Å². The highest BCUT2D eigenvalue weighted by Crippen LogP contribution is 2.60. The van der Waals surface area contributed by atoms with Crippen LogP contribution in [0.15, 0.2) is 53.4 Å². The number of ketones is 1. The molecule has 1 aromatic carbocycles. The van der Waals surface area contributed by atoms with Crippen molar-refractivity contribution < 1.29 is 14.4 Å². The number of piperidine rings is 1. The zero-order valence-corrected chi connectivity index (χ0v) is 32.0. The third-order valence-corrected chi connectivity index (χ3v) is 10.7. The molecule has 2 amide bonds. The highest BCUT2D eigenvalue weighted by molar-refractivity contribution is 9.10. The average molecular weight is 756 g/mol. The molecule has 1 saturated heterocycles. The fraction of sp³-hybridized carbons (Fsp3) is 0.462. The summed E-state index contributed by atoms with van der Waals surface area (Å²) in [6, 6.07) is 6.93. The molecule has 12 heteroatoms. The maximum Gasteiger partial charge on any atom is 0.248 e. The van der Waals surface area contributed by atoms with Crippen molar-refractivity contribution in [2.75, 3.05) is 25.5 Å². The van der Waals surface area contributed by atoms with E-state index in [0.29, 0.717) is 33.7 Å². The third kappa shape index (κ3) is 7.82. The lowest BCUT2D eigenvalue weighted by molar-refractivity contribution is -0.138. The Kier molecular flexibility index (Phi) is 10.8. The maximum absolute atomic E-state index is 14.5. The Morgan fingerprint density at radius 2 is 1.80 bits per heavy atom. The van der Waals surface area contributed by atoms with Crippen LogP contribution >= 0.6 is 15.9 Å². The van der Waals surface area contributed by atoms with Crippen molar-refractivity contribution >= 4 is 50.2 Å². The first-order chi connectivity index (χ1) is 24.4. The van der Waals surface area contributed by atoms with Crippen LogP contribution in [-0.2, 0) is 16.1 Å². The van der Waals surface area contributed by atoms with Gasteiger partial charge in [-0.1, -0.05) is 25.1 Å². The number of carbonyl (C=O) groups is 3. The van der Waals surface area contributed by atoms with Gasteiger partial charge in [-0.25, -0.2) is 15.0 Å². The molecular weight excluding hydrogens is 708 g/mol. The number of aryl methyl sites for hydroxylation is 3. The Morgan fingerprint density at radius 1 is 1.04 bits per heavy atom. The summed E-state index contributed by atoms with van der Waals surface area (Å²) in [4.78, 5) is 58.7. The van der Waals surface area contributed by atoms with Crippen molar-refractivity contribution in [1.82, 2.24) is 34.5 Å². The average Bonchev–Trinajstić information content (AvgIpc) is 3.47. The minimum absolute atomic E-state index is 0.0596. The number of pyridine rings is 1. The van der Waals surface area contributed by atoms with Gasteiger partial charge in [0.15, 0.2) is 5.78 Å². The maximum atomic E-state index is 14.5. The summed E-state index contributed by atoms with van der Waals surface area (Å²) >= 11 is 3.41. The number of aromatic nitrogens is 5. The zero-order valence-electron chi connectivity index (χ0n) is 30.4. The van der Waals surface area contributed by atoms with Crippen LogP contribution < -0.4 is 5.32 Å². The first-order valence-electron chi connectivity index (χ1n) is 17.8. The number of likely N-dealkylation sites (tertiary alicyclic amines) is 1. The van der Waals surface area contributed by atoms with Gasteiger partial charge in [0.1, 0.15) is 34.5 Å². The molecular formula is C39H47BrN8O3. The molecule has 1 saturated carbocycles. The van der Waals surface area contributed by atoms with Crippen molar-refractivity contribution in [3.05, 3.63) is 76.1 Å². The van der Waals surface area contributed by atoms with E-state index in [2.05, 4.69) is 67.2 Å². The summed E-state index contributed by atoms with van der Waals surface area (Å²) in [5, 5.41) is 8.39. The number of hydrogen-bond donors (Lipinski definition) is 1. The van der Waals surface area contributed by atoms with Crippen LogP contribution in [-0.4, -0.2) is 84.4 Å². The van der Waals surface area contributed by atoms with E-state index >= 15 is 0 Å². The number of anilines is 1. The third-order valence-electron chi connectivity index (χ3n) is 10.2. The highest BCUT2D eigenvalue weighted by Gasteiger charge is 2.67. The number of amides is 2. The lowest BCUT2D eigenvalue weighted by Gasteiger charge is -2.27. The number of fused-ring (bicyclic) bond motifs is 2. The molecule has 1 aliphatic heterocycles. The predicted octanol–water partition coefficient (Wildman–Crippen LogP) is 6.85. The number of halogens is 1. The summed E-state index contributed by atoms with van der Waals surface area (Å²) in [7, 11) is 2.14. The molecule has 268 valence electrons. The van der Waals surface area contributed by atoms with E-state index in [1.807, 2.05) is 45.0 Å². The SMILES string of the molecule is CC/C=C/CCCCN(C)C[C@@]12C[C@@H](C(=O)Nc3nc(Br)ccc3C)N(C(=O)Cn3nc(C(C)=O)c4cc(-c5cnc(C)nc5)cc(C)c43)[C@@H]1C2. The van der Waals surface area contributed by atoms with Crippen molar-refractivity contribution in [2.24, 2.45) is 5.41 Å². The molecule has 1 aliphatic carbocycles. The smallest absolute Gasteiger partial charge is 0.248 e. The molecule has 0 spiro atoms.